The lowest BCUT2D eigenvalue weighted by Gasteiger charge is -2.22. The van der Waals surface area contributed by atoms with Crippen molar-refractivity contribution in [3.05, 3.63) is 60.4 Å². The summed E-state index contributed by atoms with van der Waals surface area (Å²) in [6.45, 7) is 2.83. The zero-order chi connectivity index (χ0) is 13.5. The Balaban J connectivity index is 2.25. The predicted molar refractivity (Wildman–Crippen MR) is 76.1 cm³/mol. The number of unbranched alkanes of at least 4 members (excludes halogenated alkanes) is 1. The molecule has 0 bridgehead atoms. The second-order valence-corrected chi connectivity index (χ2v) is 4.31. The van der Waals surface area contributed by atoms with Crippen LogP contribution in [0.1, 0.15) is 30.1 Å². The number of aromatic nitrogens is 1. The quantitative estimate of drug-likeness (QED) is 0.819. The molecule has 0 aliphatic carbocycles. The zero-order valence-electron chi connectivity index (χ0n) is 11.0. The van der Waals surface area contributed by atoms with Gasteiger partial charge in [0.05, 0.1) is 5.56 Å². The van der Waals surface area contributed by atoms with E-state index >= 15 is 0 Å². The van der Waals surface area contributed by atoms with Crippen LogP contribution in [0.5, 0.6) is 0 Å². The van der Waals surface area contributed by atoms with Crippen LogP contribution in [0.3, 0.4) is 0 Å². The topological polar surface area (TPSA) is 33.2 Å². The number of hydrogen-bond acceptors (Lipinski definition) is 2. The number of benzene rings is 1. The van der Waals surface area contributed by atoms with Crippen molar-refractivity contribution in [3.63, 3.8) is 0 Å². The smallest absolute Gasteiger partial charge is 0.259 e. The van der Waals surface area contributed by atoms with Gasteiger partial charge in [-0.15, -0.1) is 0 Å². The van der Waals surface area contributed by atoms with Gasteiger partial charge < -0.3 is 4.90 Å². The first-order valence-corrected chi connectivity index (χ1v) is 6.51. The maximum absolute atomic E-state index is 12.5. The summed E-state index contributed by atoms with van der Waals surface area (Å²) in [6.07, 6.45) is 5.31. The summed E-state index contributed by atoms with van der Waals surface area (Å²) < 4.78 is 0. The van der Waals surface area contributed by atoms with Gasteiger partial charge in [0.15, 0.2) is 0 Å². The molecule has 0 aliphatic rings. The molecular weight excluding hydrogens is 236 g/mol. The van der Waals surface area contributed by atoms with Gasteiger partial charge in [-0.3, -0.25) is 9.78 Å². The Bertz CT molecular complexity index is 511. The fourth-order valence-electron chi connectivity index (χ4n) is 1.87. The Morgan fingerprint density at radius 1 is 1.32 bits per heavy atom. The van der Waals surface area contributed by atoms with E-state index in [1.165, 1.54) is 0 Å². The molecule has 3 nitrogen and oxygen atoms in total. The fraction of sp³-hybridized carbons (Fsp3) is 0.250. The van der Waals surface area contributed by atoms with Crippen LogP contribution >= 0.6 is 0 Å². The van der Waals surface area contributed by atoms with Gasteiger partial charge in [0.2, 0.25) is 0 Å². The zero-order valence-corrected chi connectivity index (χ0v) is 11.0. The summed E-state index contributed by atoms with van der Waals surface area (Å²) in [4.78, 5) is 18.3. The monoisotopic (exact) mass is 253 g/mol. The largest absolute Gasteiger partial charge is 0.308 e. The third-order valence-corrected chi connectivity index (χ3v) is 2.90. The number of pyridine rings is 1. The van der Waals surface area contributed by atoms with Gasteiger partial charge in [-0.05, 0) is 36.8 Å². The van der Waals surface area contributed by atoms with Gasteiger partial charge in [0.25, 0.3) is 5.91 Å². The average molecular weight is 253 g/mol. The maximum atomic E-state index is 12.5. The molecule has 0 saturated heterocycles. The first-order chi connectivity index (χ1) is 9.33. The Hall–Kier alpha value is -2.16. The molecule has 3 heteroatoms. The molecule has 0 fully saturated rings. The van der Waals surface area contributed by atoms with Crippen molar-refractivity contribution in [3.8, 4) is 0 Å². The standard InChI is InChI=1S/C16H17N2O/c1-2-3-12-18(15-9-5-4-6-10-15)16(19)14-8-7-11-17-13-14/h5-11,13H,2-3,12H2,1H3. The maximum Gasteiger partial charge on any atom is 0.259 e. The van der Waals surface area contributed by atoms with E-state index in [0.29, 0.717) is 12.1 Å². The minimum Gasteiger partial charge on any atom is -0.308 e. The summed E-state index contributed by atoms with van der Waals surface area (Å²) in [5, 5.41) is 0. The molecule has 1 heterocycles. The summed E-state index contributed by atoms with van der Waals surface area (Å²) in [6, 6.07) is 14.0. The van der Waals surface area contributed by atoms with Crippen molar-refractivity contribution in [1.29, 1.82) is 0 Å². The van der Waals surface area contributed by atoms with Gasteiger partial charge in [-0.25, -0.2) is 0 Å². The minimum absolute atomic E-state index is 0.00671. The molecule has 0 unspecified atom stereocenters. The van der Waals surface area contributed by atoms with Crippen LogP contribution in [0.2, 0.25) is 0 Å². The first-order valence-electron chi connectivity index (χ1n) is 6.51. The summed E-state index contributed by atoms with van der Waals surface area (Å²) in [5.41, 5.74) is 1.52. The fourth-order valence-corrected chi connectivity index (χ4v) is 1.87. The van der Waals surface area contributed by atoms with Crippen molar-refractivity contribution >= 4 is 11.6 Å². The number of nitrogens with zero attached hydrogens (tertiary/aromatic N) is 2. The van der Waals surface area contributed by atoms with E-state index in [2.05, 4.69) is 18.0 Å². The van der Waals surface area contributed by atoms with Crippen molar-refractivity contribution in [2.75, 3.05) is 11.4 Å². The van der Waals surface area contributed by atoms with E-state index in [1.807, 2.05) is 24.3 Å². The highest BCUT2D eigenvalue weighted by atomic mass is 16.2. The van der Waals surface area contributed by atoms with Crippen molar-refractivity contribution in [2.45, 2.75) is 19.8 Å². The van der Waals surface area contributed by atoms with Crippen molar-refractivity contribution in [2.24, 2.45) is 0 Å². The van der Waals surface area contributed by atoms with Crippen LogP contribution in [-0.2, 0) is 0 Å². The van der Waals surface area contributed by atoms with Crippen molar-refractivity contribution < 1.29 is 4.79 Å². The number of rotatable bonds is 5. The van der Waals surface area contributed by atoms with Crippen molar-refractivity contribution in [1.82, 2.24) is 4.98 Å². The number of hydrogen-bond donors (Lipinski definition) is 0. The minimum atomic E-state index is -0.00671. The summed E-state index contributed by atoms with van der Waals surface area (Å²) >= 11 is 0. The van der Waals surface area contributed by atoms with Crippen LogP contribution in [0, 0.1) is 6.07 Å². The average Bonchev–Trinajstić information content (AvgIpc) is 2.49. The molecular formula is C16H17N2O. The van der Waals surface area contributed by atoms with Crippen LogP contribution in [-0.4, -0.2) is 17.4 Å². The molecule has 0 aliphatic heterocycles. The molecule has 19 heavy (non-hydrogen) atoms. The van der Waals surface area contributed by atoms with Crippen LogP contribution in [0.4, 0.5) is 5.69 Å². The molecule has 97 valence electrons. The van der Waals surface area contributed by atoms with Crippen LogP contribution in [0.15, 0.2) is 48.8 Å². The van der Waals surface area contributed by atoms with E-state index in [-0.39, 0.29) is 5.91 Å². The van der Waals surface area contributed by atoms with Gasteiger partial charge in [-0.2, -0.15) is 0 Å². The highest BCUT2D eigenvalue weighted by Gasteiger charge is 2.16. The van der Waals surface area contributed by atoms with Crippen LogP contribution < -0.4 is 4.90 Å². The summed E-state index contributed by atoms with van der Waals surface area (Å²) in [7, 11) is 0. The number of carbonyl (C=O) groups is 1. The lowest BCUT2D eigenvalue weighted by molar-refractivity contribution is 0.0986. The Labute approximate surface area is 113 Å². The molecule has 0 saturated carbocycles. The molecule has 2 aromatic rings. The molecule has 1 aromatic heterocycles. The van der Waals surface area contributed by atoms with E-state index in [9.17, 15) is 4.79 Å². The molecule has 0 N–H and O–H groups in total. The molecule has 0 spiro atoms. The predicted octanol–water partition coefficient (Wildman–Crippen LogP) is 3.33. The normalized spacial score (nSPS) is 10.2. The number of carbonyl (C=O) groups excluding carboxylic acids is 1. The second kappa shape index (κ2) is 6.69. The van der Waals surface area contributed by atoms with Gasteiger partial charge in [0.1, 0.15) is 0 Å². The molecule has 0 atom stereocenters. The Morgan fingerprint density at radius 3 is 2.74 bits per heavy atom. The Morgan fingerprint density at radius 2 is 2.11 bits per heavy atom. The summed E-state index contributed by atoms with van der Waals surface area (Å²) in [5.74, 6) is -0.00671. The highest BCUT2D eigenvalue weighted by molar-refractivity contribution is 6.05. The van der Waals surface area contributed by atoms with E-state index in [1.54, 1.807) is 29.4 Å². The molecule has 1 aromatic carbocycles. The van der Waals surface area contributed by atoms with Gasteiger partial charge >= 0.3 is 0 Å². The third kappa shape index (κ3) is 3.41. The molecule has 1 amide bonds. The lowest BCUT2D eigenvalue weighted by atomic mass is 10.2. The molecule has 1 radical (unpaired) electrons. The van der Waals surface area contributed by atoms with Crippen LogP contribution in [0.25, 0.3) is 0 Å². The highest BCUT2D eigenvalue weighted by Crippen LogP contribution is 2.17. The van der Waals surface area contributed by atoms with Gasteiger partial charge in [0, 0.05) is 24.6 Å². The molecule has 2 rings (SSSR count). The SMILES string of the molecule is CCCCN(C(=O)c1cccnc1)c1cc[c]cc1. The van der Waals surface area contributed by atoms with E-state index in [0.717, 1.165) is 18.5 Å². The number of amides is 1. The van der Waals surface area contributed by atoms with E-state index < -0.39 is 0 Å². The first kappa shape index (κ1) is 13.3. The third-order valence-electron chi connectivity index (χ3n) is 2.90. The number of anilines is 1. The second-order valence-electron chi connectivity index (χ2n) is 4.31. The van der Waals surface area contributed by atoms with Gasteiger partial charge in [-0.1, -0.05) is 25.5 Å². The van der Waals surface area contributed by atoms with E-state index in [4.69, 9.17) is 0 Å². The lowest BCUT2D eigenvalue weighted by Crippen LogP contribution is -2.31. The Kier molecular flexibility index (Phi) is 4.67.